The zero-order valence-corrected chi connectivity index (χ0v) is 20.1. The van der Waals surface area contributed by atoms with E-state index in [2.05, 4.69) is 15.2 Å². The largest absolute Gasteiger partial charge is 0.460 e. The normalized spacial score (nSPS) is 13.5. The number of amides is 2. The van der Waals surface area contributed by atoms with E-state index in [-0.39, 0.29) is 31.4 Å². The third-order valence-electron chi connectivity index (χ3n) is 5.63. The van der Waals surface area contributed by atoms with E-state index in [1.165, 1.54) is 19.1 Å². The van der Waals surface area contributed by atoms with Crippen LogP contribution in [0, 0.1) is 13.8 Å². The second kappa shape index (κ2) is 11.7. The van der Waals surface area contributed by atoms with Crippen LogP contribution in [0.15, 0.2) is 24.3 Å². The molecule has 10 heteroatoms. The van der Waals surface area contributed by atoms with Crippen LogP contribution in [0.3, 0.4) is 0 Å². The standard InChI is InChI=1S/C24H32N4O6/c1-16-21(24(31)34-14-13-32-4)17(2)25-22(16)23(30)27(3)15-20(29)26-18-5-7-19(8-6-18)28-9-11-33-12-10-28/h5-8,25H,9-15H2,1-4H3,(H,26,29). The first kappa shape index (κ1) is 25.3. The number of carbonyl (C=O) groups is 3. The van der Waals surface area contributed by atoms with Gasteiger partial charge in [0.25, 0.3) is 5.91 Å². The SMILES string of the molecule is COCCOC(=O)c1c(C)[nH]c(C(=O)N(C)CC(=O)Nc2ccc(N3CCOCC3)cc2)c1C. The summed E-state index contributed by atoms with van der Waals surface area (Å²) < 4.78 is 15.4. The van der Waals surface area contributed by atoms with Crippen molar-refractivity contribution in [3.05, 3.63) is 46.8 Å². The van der Waals surface area contributed by atoms with Gasteiger partial charge in [-0.25, -0.2) is 4.79 Å². The summed E-state index contributed by atoms with van der Waals surface area (Å²) in [7, 11) is 3.06. The molecule has 10 nitrogen and oxygen atoms in total. The van der Waals surface area contributed by atoms with Gasteiger partial charge in [0.1, 0.15) is 12.3 Å². The van der Waals surface area contributed by atoms with Crippen molar-refractivity contribution < 1.29 is 28.6 Å². The van der Waals surface area contributed by atoms with Crippen molar-refractivity contribution in [3.8, 4) is 0 Å². The van der Waals surface area contributed by atoms with Crippen LogP contribution in [-0.2, 0) is 19.0 Å². The van der Waals surface area contributed by atoms with Crippen molar-refractivity contribution in [2.45, 2.75) is 13.8 Å². The lowest BCUT2D eigenvalue weighted by Crippen LogP contribution is -2.36. The zero-order valence-electron chi connectivity index (χ0n) is 20.1. The number of likely N-dealkylation sites (N-methyl/N-ethyl adjacent to an activating group) is 1. The Labute approximate surface area is 199 Å². The fraction of sp³-hybridized carbons (Fsp3) is 0.458. The van der Waals surface area contributed by atoms with E-state index in [1.807, 2.05) is 24.3 Å². The molecule has 1 aromatic carbocycles. The highest BCUT2D eigenvalue weighted by Crippen LogP contribution is 2.21. The average molecular weight is 473 g/mol. The summed E-state index contributed by atoms with van der Waals surface area (Å²) in [5.74, 6) is -1.24. The second-order valence-corrected chi connectivity index (χ2v) is 8.11. The van der Waals surface area contributed by atoms with Gasteiger partial charge in [-0.05, 0) is 43.7 Å². The molecule has 0 saturated carbocycles. The van der Waals surface area contributed by atoms with E-state index < -0.39 is 11.9 Å². The lowest BCUT2D eigenvalue weighted by Gasteiger charge is -2.28. The van der Waals surface area contributed by atoms with Crippen molar-refractivity contribution in [2.24, 2.45) is 0 Å². The van der Waals surface area contributed by atoms with Crippen LogP contribution in [0.2, 0.25) is 0 Å². The van der Waals surface area contributed by atoms with Crippen molar-refractivity contribution in [2.75, 3.05) is 70.4 Å². The number of methoxy groups -OCH3 is 1. The van der Waals surface area contributed by atoms with Crippen LogP contribution >= 0.6 is 0 Å². The molecule has 3 rings (SSSR count). The minimum absolute atomic E-state index is 0.121. The van der Waals surface area contributed by atoms with E-state index in [4.69, 9.17) is 14.2 Å². The van der Waals surface area contributed by atoms with Gasteiger partial charge in [-0.1, -0.05) is 0 Å². The maximum atomic E-state index is 12.9. The van der Waals surface area contributed by atoms with Crippen LogP contribution in [0.5, 0.6) is 0 Å². The van der Waals surface area contributed by atoms with Gasteiger partial charge in [0.2, 0.25) is 5.91 Å². The quantitative estimate of drug-likeness (QED) is 0.424. The fourth-order valence-electron chi connectivity index (χ4n) is 3.82. The number of nitrogens with zero attached hydrogens (tertiary/aromatic N) is 2. The lowest BCUT2D eigenvalue weighted by atomic mass is 10.1. The fourth-order valence-corrected chi connectivity index (χ4v) is 3.82. The predicted octanol–water partition coefficient (Wildman–Crippen LogP) is 1.98. The number of carbonyl (C=O) groups excluding carboxylic acids is 3. The molecule has 0 unspecified atom stereocenters. The van der Waals surface area contributed by atoms with Gasteiger partial charge in [-0.3, -0.25) is 9.59 Å². The number of anilines is 2. The van der Waals surface area contributed by atoms with Gasteiger partial charge in [0.15, 0.2) is 0 Å². The van der Waals surface area contributed by atoms with Gasteiger partial charge < -0.3 is 34.3 Å². The first-order valence-electron chi connectivity index (χ1n) is 11.1. The Balaban J connectivity index is 1.58. The number of morpholine rings is 1. The molecule has 34 heavy (non-hydrogen) atoms. The molecule has 184 valence electrons. The topological polar surface area (TPSA) is 113 Å². The third-order valence-corrected chi connectivity index (χ3v) is 5.63. The highest BCUT2D eigenvalue weighted by molar-refractivity contribution is 6.02. The molecule has 2 amide bonds. The number of esters is 1. The summed E-state index contributed by atoms with van der Waals surface area (Å²) in [6.45, 7) is 6.72. The molecule has 0 radical (unpaired) electrons. The number of aromatic amines is 1. The molecule has 2 aromatic rings. The Hall–Kier alpha value is -3.37. The van der Waals surface area contributed by atoms with Gasteiger partial charge in [0, 0.05) is 44.3 Å². The van der Waals surface area contributed by atoms with Crippen molar-refractivity contribution in [1.82, 2.24) is 9.88 Å². The molecular formula is C24H32N4O6. The van der Waals surface area contributed by atoms with Crippen LogP contribution < -0.4 is 10.2 Å². The van der Waals surface area contributed by atoms with Gasteiger partial charge in [0.05, 0.1) is 31.9 Å². The predicted molar refractivity (Wildman–Crippen MR) is 127 cm³/mol. The first-order chi connectivity index (χ1) is 16.3. The number of aromatic nitrogens is 1. The summed E-state index contributed by atoms with van der Waals surface area (Å²) in [5.41, 5.74) is 3.30. The van der Waals surface area contributed by atoms with Gasteiger partial charge >= 0.3 is 5.97 Å². The number of nitrogens with one attached hydrogen (secondary N) is 2. The van der Waals surface area contributed by atoms with Gasteiger partial charge in [-0.2, -0.15) is 0 Å². The molecule has 1 saturated heterocycles. The Morgan fingerprint density at radius 2 is 1.79 bits per heavy atom. The summed E-state index contributed by atoms with van der Waals surface area (Å²) in [6.07, 6.45) is 0. The van der Waals surface area contributed by atoms with E-state index in [0.717, 1.165) is 18.8 Å². The number of aryl methyl sites for hydroxylation is 1. The van der Waals surface area contributed by atoms with Crippen LogP contribution in [0.25, 0.3) is 0 Å². The summed E-state index contributed by atoms with van der Waals surface area (Å²) in [4.78, 5) is 44.3. The Bertz CT molecular complexity index is 1010. The minimum atomic E-state index is -0.525. The zero-order chi connectivity index (χ0) is 24.7. The number of hydrogen-bond donors (Lipinski definition) is 2. The number of benzene rings is 1. The molecule has 0 aliphatic carbocycles. The van der Waals surface area contributed by atoms with E-state index in [0.29, 0.717) is 35.7 Å². The molecule has 2 heterocycles. The van der Waals surface area contributed by atoms with Gasteiger partial charge in [-0.15, -0.1) is 0 Å². The highest BCUT2D eigenvalue weighted by atomic mass is 16.6. The molecule has 0 spiro atoms. The maximum Gasteiger partial charge on any atom is 0.340 e. The van der Waals surface area contributed by atoms with E-state index in [9.17, 15) is 14.4 Å². The number of hydrogen-bond acceptors (Lipinski definition) is 7. The molecule has 1 fully saturated rings. The molecule has 0 bridgehead atoms. The maximum absolute atomic E-state index is 12.9. The number of H-pyrrole nitrogens is 1. The molecule has 0 atom stereocenters. The third kappa shape index (κ3) is 6.15. The Kier molecular flexibility index (Phi) is 8.67. The molecule has 1 aliphatic rings. The van der Waals surface area contributed by atoms with E-state index in [1.54, 1.807) is 13.8 Å². The lowest BCUT2D eigenvalue weighted by molar-refractivity contribution is -0.116. The molecule has 1 aromatic heterocycles. The highest BCUT2D eigenvalue weighted by Gasteiger charge is 2.25. The van der Waals surface area contributed by atoms with E-state index >= 15 is 0 Å². The van der Waals surface area contributed by atoms with Crippen molar-refractivity contribution >= 4 is 29.2 Å². The summed E-state index contributed by atoms with van der Waals surface area (Å²) in [6, 6.07) is 7.58. The monoisotopic (exact) mass is 472 g/mol. The Morgan fingerprint density at radius 3 is 2.44 bits per heavy atom. The van der Waals surface area contributed by atoms with Crippen LogP contribution in [0.1, 0.15) is 32.1 Å². The molecule has 1 aliphatic heterocycles. The van der Waals surface area contributed by atoms with Crippen LogP contribution in [0.4, 0.5) is 11.4 Å². The molecule has 2 N–H and O–H groups in total. The van der Waals surface area contributed by atoms with Crippen molar-refractivity contribution in [3.63, 3.8) is 0 Å². The van der Waals surface area contributed by atoms with Crippen molar-refractivity contribution in [1.29, 1.82) is 0 Å². The molecular weight excluding hydrogens is 440 g/mol. The average Bonchev–Trinajstić information content (AvgIpc) is 3.13. The number of rotatable bonds is 9. The Morgan fingerprint density at radius 1 is 1.12 bits per heavy atom. The number of ether oxygens (including phenoxy) is 3. The van der Waals surface area contributed by atoms with Crippen LogP contribution in [-0.4, -0.2) is 87.9 Å². The summed E-state index contributed by atoms with van der Waals surface area (Å²) >= 11 is 0. The smallest absolute Gasteiger partial charge is 0.340 e. The first-order valence-corrected chi connectivity index (χ1v) is 11.1. The minimum Gasteiger partial charge on any atom is -0.460 e. The second-order valence-electron chi connectivity index (χ2n) is 8.11. The summed E-state index contributed by atoms with van der Waals surface area (Å²) in [5, 5.41) is 2.82.